The number of benzene rings is 3. The number of fused-ring (bicyclic) bond motifs is 1. The Morgan fingerprint density at radius 3 is 2.51 bits per heavy atom. The van der Waals surface area contributed by atoms with Crippen LogP contribution in [-0.4, -0.2) is 57.8 Å². The molecule has 6 nitrogen and oxygen atoms in total. The van der Waals surface area contributed by atoms with E-state index in [1.54, 1.807) is 18.2 Å². The van der Waals surface area contributed by atoms with Crippen molar-refractivity contribution in [1.29, 1.82) is 0 Å². The number of hydrogen-bond acceptors (Lipinski definition) is 5. The van der Waals surface area contributed by atoms with Crippen LogP contribution < -0.4 is 5.32 Å². The van der Waals surface area contributed by atoms with E-state index in [0.29, 0.717) is 40.6 Å². The van der Waals surface area contributed by atoms with Crippen molar-refractivity contribution in [2.24, 2.45) is 0 Å². The number of nitrogens with one attached hydrogen (secondary N) is 1. The summed E-state index contributed by atoms with van der Waals surface area (Å²) in [5.74, 6) is -4.00. The second-order valence-electron chi connectivity index (χ2n) is 10.7. The van der Waals surface area contributed by atoms with Crippen LogP contribution in [0.2, 0.25) is 5.02 Å². The molecule has 3 aliphatic rings. The minimum absolute atomic E-state index is 0.179. The van der Waals surface area contributed by atoms with Crippen molar-refractivity contribution in [2.45, 2.75) is 54.5 Å². The average molecular weight is 596 g/mol. The first-order valence-electron chi connectivity index (χ1n) is 13.6. The van der Waals surface area contributed by atoms with E-state index >= 15 is 8.78 Å². The first-order chi connectivity index (χ1) is 19.7. The Morgan fingerprint density at radius 2 is 1.76 bits per heavy atom. The molecule has 0 saturated carbocycles. The van der Waals surface area contributed by atoms with Gasteiger partial charge in [-0.3, -0.25) is 24.6 Å². The number of halogens is 3. The summed E-state index contributed by atoms with van der Waals surface area (Å²) < 4.78 is 31.0. The largest absolute Gasteiger partial charge is 0.322 e. The van der Waals surface area contributed by atoms with Gasteiger partial charge in [0.05, 0.1) is 11.8 Å². The lowest BCUT2D eigenvalue weighted by Gasteiger charge is -2.38. The number of likely N-dealkylation sites (tertiary alicyclic amines) is 1. The van der Waals surface area contributed by atoms with E-state index in [0.717, 1.165) is 28.5 Å². The molecule has 0 radical (unpaired) electrons. The molecule has 212 valence electrons. The van der Waals surface area contributed by atoms with Crippen molar-refractivity contribution >= 4 is 41.1 Å². The molecule has 3 heterocycles. The van der Waals surface area contributed by atoms with Crippen molar-refractivity contribution in [1.82, 2.24) is 15.1 Å². The normalized spacial score (nSPS) is 22.5. The fraction of sp³-hybridized carbons (Fsp3) is 0.323. The third-order valence-corrected chi connectivity index (χ3v) is 9.60. The summed E-state index contributed by atoms with van der Waals surface area (Å²) in [6.45, 7) is 0.834. The predicted octanol–water partition coefficient (Wildman–Crippen LogP) is 5.77. The molecular weight excluding hydrogens is 568 g/mol. The molecule has 0 aromatic heterocycles. The highest BCUT2D eigenvalue weighted by Gasteiger charge is 2.45. The summed E-state index contributed by atoms with van der Waals surface area (Å²) in [6, 6.07) is 19.8. The van der Waals surface area contributed by atoms with Crippen LogP contribution >= 0.6 is 23.4 Å². The van der Waals surface area contributed by atoms with Gasteiger partial charge in [-0.05, 0) is 65.4 Å². The van der Waals surface area contributed by atoms with Crippen molar-refractivity contribution in [3.05, 3.63) is 88.4 Å². The number of rotatable bonds is 6. The number of amides is 3. The SMILES string of the molecule is O=C1CCC(N2Cc3cc(S[C@H]4CCN(Cc5ccccc5-c5ccc(Cl)cc5)CC4(F)F)ccc3C2=O)C(=O)N1. The number of hydrogen-bond donors (Lipinski definition) is 1. The van der Waals surface area contributed by atoms with Gasteiger partial charge in [-0.15, -0.1) is 11.8 Å². The number of imide groups is 1. The Labute approximate surface area is 246 Å². The van der Waals surface area contributed by atoms with Crippen LogP contribution in [0.4, 0.5) is 8.78 Å². The van der Waals surface area contributed by atoms with Gasteiger partial charge in [0.1, 0.15) is 6.04 Å². The zero-order chi connectivity index (χ0) is 28.7. The Hall–Kier alpha value is -3.27. The topological polar surface area (TPSA) is 69.7 Å². The smallest absolute Gasteiger partial charge is 0.272 e. The molecule has 10 heteroatoms. The van der Waals surface area contributed by atoms with Gasteiger partial charge >= 0.3 is 0 Å². The predicted molar refractivity (Wildman–Crippen MR) is 154 cm³/mol. The molecule has 0 bridgehead atoms. The lowest BCUT2D eigenvalue weighted by molar-refractivity contribution is -0.136. The molecule has 3 aromatic carbocycles. The van der Waals surface area contributed by atoms with E-state index < -0.39 is 23.1 Å². The highest BCUT2D eigenvalue weighted by molar-refractivity contribution is 8.00. The van der Waals surface area contributed by atoms with E-state index in [1.165, 1.54) is 4.90 Å². The Bertz CT molecular complexity index is 1520. The molecule has 3 aromatic rings. The molecule has 3 amide bonds. The van der Waals surface area contributed by atoms with Crippen LogP contribution in [0.5, 0.6) is 0 Å². The van der Waals surface area contributed by atoms with Crippen LogP contribution in [0, 0.1) is 0 Å². The van der Waals surface area contributed by atoms with E-state index in [4.69, 9.17) is 11.6 Å². The van der Waals surface area contributed by atoms with Crippen LogP contribution in [-0.2, 0) is 22.7 Å². The summed E-state index contributed by atoms with van der Waals surface area (Å²) >= 11 is 7.19. The molecule has 2 saturated heterocycles. The molecule has 1 N–H and O–H groups in total. The van der Waals surface area contributed by atoms with Crippen LogP contribution in [0.1, 0.15) is 40.7 Å². The van der Waals surface area contributed by atoms with E-state index in [-0.39, 0.29) is 37.7 Å². The van der Waals surface area contributed by atoms with Gasteiger partial charge < -0.3 is 4.90 Å². The fourth-order valence-electron chi connectivity index (χ4n) is 5.87. The average Bonchev–Trinajstić information content (AvgIpc) is 3.26. The maximum Gasteiger partial charge on any atom is 0.272 e. The minimum Gasteiger partial charge on any atom is -0.322 e. The van der Waals surface area contributed by atoms with Gasteiger partial charge in [0, 0.05) is 41.5 Å². The standard InChI is InChI=1S/C31H28ClF2N3O3S/c32-22-7-5-19(6-8-22)24-4-2-1-3-20(24)16-36-14-13-27(31(33,34)18-36)41-23-9-10-25-21(15-23)17-37(30(25)40)26-11-12-28(38)35-29(26)39/h1-10,15,26-27H,11-14,16-18H2,(H,35,38,39)/t26?,27-/m0/s1. The lowest BCUT2D eigenvalue weighted by atomic mass is 9.98. The number of thioether (sulfide) groups is 1. The molecule has 1 unspecified atom stereocenters. The quantitative estimate of drug-likeness (QED) is 0.367. The molecule has 3 aliphatic heterocycles. The van der Waals surface area contributed by atoms with E-state index in [2.05, 4.69) is 5.32 Å². The molecule has 0 aliphatic carbocycles. The Morgan fingerprint density at radius 1 is 0.976 bits per heavy atom. The number of piperidine rings is 2. The monoisotopic (exact) mass is 595 g/mol. The van der Waals surface area contributed by atoms with E-state index in [1.807, 2.05) is 53.4 Å². The molecule has 41 heavy (non-hydrogen) atoms. The molecular formula is C31H28ClF2N3O3S. The first kappa shape index (κ1) is 27.9. The summed E-state index contributed by atoms with van der Waals surface area (Å²) in [7, 11) is 0. The minimum atomic E-state index is -2.91. The van der Waals surface area contributed by atoms with Gasteiger partial charge in [-0.1, -0.05) is 48.0 Å². The fourth-order valence-corrected chi connectivity index (χ4v) is 7.15. The van der Waals surface area contributed by atoms with Gasteiger partial charge in [-0.25, -0.2) is 8.78 Å². The third-order valence-electron chi connectivity index (χ3n) is 7.95. The Balaban J connectivity index is 1.11. The zero-order valence-electron chi connectivity index (χ0n) is 22.1. The van der Waals surface area contributed by atoms with Crippen molar-refractivity contribution < 1.29 is 23.2 Å². The van der Waals surface area contributed by atoms with Gasteiger partial charge in [-0.2, -0.15) is 0 Å². The van der Waals surface area contributed by atoms with E-state index in [9.17, 15) is 14.4 Å². The maximum absolute atomic E-state index is 15.5. The van der Waals surface area contributed by atoms with Gasteiger partial charge in [0.25, 0.3) is 11.8 Å². The summed E-state index contributed by atoms with van der Waals surface area (Å²) in [6.07, 6.45) is 0.776. The van der Waals surface area contributed by atoms with Crippen molar-refractivity contribution in [2.75, 3.05) is 13.1 Å². The van der Waals surface area contributed by atoms with Crippen LogP contribution in [0.25, 0.3) is 11.1 Å². The lowest BCUT2D eigenvalue weighted by Crippen LogP contribution is -2.52. The molecule has 6 rings (SSSR count). The molecule has 2 atom stereocenters. The summed E-state index contributed by atoms with van der Waals surface area (Å²) in [5, 5.41) is 2.04. The van der Waals surface area contributed by atoms with Gasteiger partial charge in [0.2, 0.25) is 11.8 Å². The molecule has 0 spiro atoms. The molecule has 2 fully saturated rings. The number of nitrogens with zero attached hydrogens (tertiary/aromatic N) is 2. The number of carbonyl (C=O) groups is 3. The summed E-state index contributed by atoms with van der Waals surface area (Å²) in [4.78, 5) is 40.7. The third kappa shape index (κ3) is 5.76. The van der Waals surface area contributed by atoms with Crippen LogP contribution in [0.15, 0.2) is 71.6 Å². The number of carbonyl (C=O) groups excluding carboxylic acids is 3. The van der Waals surface area contributed by atoms with Gasteiger partial charge in [0.15, 0.2) is 0 Å². The maximum atomic E-state index is 15.5. The number of alkyl halides is 2. The summed E-state index contributed by atoms with van der Waals surface area (Å²) in [5.41, 5.74) is 4.17. The highest BCUT2D eigenvalue weighted by atomic mass is 35.5. The van der Waals surface area contributed by atoms with Crippen LogP contribution in [0.3, 0.4) is 0 Å². The van der Waals surface area contributed by atoms with Crippen molar-refractivity contribution in [3.63, 3.8) is 0 Å². The van der Waals surface area contributed by atoms with Crippen molar-refractivity contribution in [3.8, 4) is 11.1 Å². The first-order valence-corrected chi connectivity index (χ1v) is 14.8. The highest BCUT2D eigenvalue weighted by Crippen LogP contribution is 2.41. The zero-order valence-corrected chi connectivity index (χ0v) is 23.7. The Kier molecular flexibility index (Phi) is 7.61. The second-order valence-corrected chi connectivity index (χ2v) is 12.5. The second kappa shape index (κ2) is 11.2.